The largest absolute Gasteiger partial charge is 0.415 e. The zero-order valence-corrected chi connectivity index (χ0v) is 22.2. The minimum absolute atomic E-state index is 0.0658. The third-order valence-corrected chi connectivity index (χ3v) is 6.38. The molecule has 4 heterocycles. The maximum atomic E-state index is 14.9. The van der Waals surface area contributed by atoms with E-state index >= 15 is 0 Å². The number of nitrogens with one attached hydrogen (secondary N) is 1. The number of aromatic nitrogens is 4. The van der Waals surface area contributed by atoms with Crippen molar-refractivity contribution in [2.24, 2.45) is 0 Å². The van der Waals surface area contributed by atoms with E-state index in [2.05, 4.69) is 37.4 Å². The van der Waals surface area contributed by atoms with Gasteiger partial charge in [-0.2, -0.15) is 8.78 Å². The van der Waals surface area contributed by atoms with Crippen LogP contribution in [0.5, 0.6) is 0 Å². The van der Waals surface area contributed by atoms with Gasteiger partial charge in [0.25, 0.3) is 5.89 Å². The van der Waals surface area contributed by atoms with Gasteiger partial charge in [-0.1, -0.05) is 6.42 Å². The maximum Gasteiger partial charge on any atom is 0.314 e. The summed E-state index contributed by atoms with van der Waals surface area (Å²) in [6, 6.07) is 9.50. The molecule has 5 rings (SSSR count). The summed E-state index contributed by atoms with van der Waals surface area (Å²) in [6.07, 6.45) is 6.47. The second-order valence-electron chi connectivity index (χ2n) is 9.35. The number of hydrogen-bond acceptors (Lipinski definition) is 8. The second-order valence-corrected chi connectivity index (χ2v) is 9.35. The molecule has 0 saturated carbocycles. The van der Waals surface area contributed by atoms with E-state index in [1.807, 2.05) is 0 Å². The summed E-state index contributed by atoms with van der Waals surface area (Å²) in [5.41, 5.74) is 2.80. The number of hydrogen-bond donors (Lipinski definition) is 1. The van der Waals surface area contributed by atoms with Crippen molar-refractivity contribution in [2.75, 3.05) is 37.4 Å². The predicted octanol–water partition coefficient (Wildman–Crippen LogP) is 5.58. The molecular formula is C28H30F3N7O2. The Morgan fingerprint density at radius 2 is 1.82 bits per heavy atom. The van der Waals surface area contributed by atoms with Gasteiger partial charge in [-0.05, 0) is 74.9 Å². The van der Waals surface area contributed by atoms with Crippen molar-refractivity contribution in [1.29, 1.82) is 0 Å². The highest BCUT2D eigenvalue weighted by atomic mass is 19.3. The molecule has 1 aromatic carbocycles. The standard InChI is InChI=1S/C22H17F3N6O2.C6H13N/c1-31(11-15-3-2-14(10-27-15)21-29-30-22(33-21)20(24)25)19-9-17(23)16(8-18(19)28-12-32)13-4-6-26-7-5-13;1-7-5-3-2-4-6-7/h2-10,12,20H,11H2,1H3,(H,28,32);2-6H2,1H3. The van der Waals surface area contributed by atoms with Crippen LogP contribution in [0.25, 0.3) is 22.6 Å². The van der Waals surface area contributed by atoms with Crippen LogP contribution < -0.4 is 10.2 Å². The SMILES string of the molecule is CN(Cc1ccc(-c2nnc(C(F)F)o2)cn1)c1cc(F)c(-c2ccncc2)cc1NC=O.CN1CCCCC1. The molecule has 1 fully saturated rings. The van der Waals surface area contributed by atoms with E-state index in [9.17, 15) is 18.0 Å². The topological polar surface area (TPSA) is 100 Å². The number of pyridine rings is 2. The lowest BCUT2D eigenvalue weighted by molar-refractivity contribution is -0.105. The minimum Gasteiger partial charge on any atom is -0.415 e. The highest BCUT2D eigenvalue weighted by Gasteiger charge is 2.18. The molecule has 1 saturated heterocycles. The molecule has 0 radical (unpaired) electrons. The van der Waals surface area contributed by atoms with Crippen molar-refractivity contribution in [3.8, 4) is 22.6 Å². The van der Waals surface area contributed by atoms with Crippen molar-refractivity contribution < 1.29 is 22.4 Å². The lowest BCUT2D eigenvalue weighted by Crippen LogP contribution is -2.24. The molecule has 0 atom stereocenters. The van der Waals surface area contributed by atoms with Crippen LogP contribution in [0.1, 0.15) is 37.3 Å². The second kappa shape index (κ2) is 13.7. The lowest BCUT2D eigenvalue weighted by Gasteiger charge is -2.23. The number of rotatable bonds is 8. The molecule has 9 nitrogen and oxygen atoms in total. The zero-order chi connectivity index (χ0) is 28.5. The molecule has 0 bridgehead atoms. The van der Waals surface area contributed by atoms with Gasteiger partial charge in [0, 0.05) is 31.2 Å². The Bertz CT molecular complexity index is 1380. The molecule has 12 heteroatoms. The van der Waals surface area contributed by atoms with Crippen LogP contribution in [-0.2, 0) is 11.3 Å². The van der Waals surface area contributed by atoms with Gasteiger partial charge < -0.3 is 19.5 Å². The summed E-state index contributed by atoms with van der Waals surface area (Å²) in [5.74, 6) is -1.29. The van der Waals surface area contributed by atoms with Crippen LogP contribution in [0.2, 0.25) is 0 Å². The number of carbonyl (C=O) groups excluding carboxylic acids is 1. The van der Waals surface area contributed by atoms with E-state index in [0.29, 0.717) is 40.2 Å². The highest BCUT2D eigenvalue weighted by molar-refractivity contribution is 5.85. The first-order valence-corrected chi connectivity index (χ1v) is 12.8. The number of benzene rings is 1. The molecule has 1 N–H and O–H groups in total. The van der Waals surface area contributed by atoms with E-state index in [4.69, 9.17) is 4.42 Å². The van der Waals surface area contributed by atoms with Gasteiger partial charge in [-0.3, -0.25) is 14.8 Å². The van der Waals surface area contributed by atoms with Crippen LogP contribution in [0, 0.1) is 5.82 Å². The van der Waals surface area contributed by atoms with Crippen molar-refractivity contribution in [2.45, 2.75) is 32.2 Å². The average molecular weight is 554 g/mol. The number of nitrogens with zero attached hydrogens (tertiary/aromatic N) is 6. The number of amides is 1. The van der Waals surface area contributed by atoms with E-state index in [0.717, 1.165) is 0 Å². The van der Waals surface area contributed by atoms with Gasteiger partial charge in [0.2, 0.25) is 12.3 Å². The summed E-state index contributed by atoms with van der Waals surface area (Å²) < 4.78 is 45.1. The van der Waals surface area contributed by atoms with E-state index in [-0.39, 0.29) is 12.4 Å². The van der Waals surface area contributed by atoms with Crippen molar-refractivity contribution in [1.82, 2.24) is 25.1 Å². The average Bonchev–Trinajstić information content (AvgIpc) is 3.46. The number of carbonyl (C=O) groups is 1. The molecule has 0 spiro atoms. The third kappa shape index (κ3) is 7.41. The van der Waals surface area contributed by atoms with Crippen molar-refractivity contribution in [3.05, 3.63) is 72.4 Å². The van der Waals surface area contributed by atoms with Gasteiger partial charge in [-0.25, -0.2) is 4.39 Å². The summed E-state index contributed by atoms with van der Waals surface area (Å²) >= 11 is 0. The fraction of sp³-hybridized carbons (Fsp3) is 0.321. The summed E-state index contributed by atoms with van der Waals surface area (Å²) in [5, 5.41) is 9.49. The first-order valence-electron chi connectivity index (χ1n) is 12.8. The number of likely N-dealkylation sites (tertiary alicyclic amines) is 1. The Labute approximate surface area is 230 Å². The summed E-state index contributed by atoms with van der Waals surface area (Å²) in [7, 11) is 3.92. The molecule has 0 unspecified atom stereocenters. The number of alkyl halides is 2. The van der Waals surface area contributed by atoms with E-state index in [1.165, 1.54) is 44.6 Å². The van der Waals surface area contributed by atoms with Gasteiger partial charge >= 0.3 is 6.43 Å². The van der Waals surface area contributed by atoms with Gasteiger partial charge in [0.05, 0.1) is 29.2 Å². The number of halogens is 3. The van der Waals surface area contributed by atoms with Gasteiger partial charge in [0.1, 0.15) is 5.82 Å². The Morgan fingerprint density at radius 1 is 1.07 bits per heavy atom. The van der Waals surface area contributed by atoms with Crippen molar-refractivity contribution in [3.63, 3.8) is 0 Å². The number of piperidine rings is 1. The molecule has 210 valence electrons. The van der Waals surface area contributed by atoms with Crippen molar-refractivity contribution >= 4 is 17.8 Å². The minimum atomic E-state index is -2.85. The Morgan fingerprint density at radius 3 is 2.40 bits per heavy atom. The molecular weight excluding hydrogens is 523 g/mol. The molecule has 40 heavy (non-hydrogen) atoms. The molecule has 3 aromatic heterocycles. The van der Waals surface area contributed by atoms with Crippen LogP contribution in [0.15, 0.2) is 59.4 Å². The first-order chi connectivity index (χ1) is 19.4. The van der Waals surface area contributed by atoms with Crippen LogP contribution in [-0.4, -0.2) is 58.7 Å². The fourth-order valence-electron chi connectivity index (χ4n) is 4.27. The van der Waals surface area contributed by atoms with Gasteiger partial charge in [-0.15, -0.1) is 10.2 Å². The molecule has 4 aromatic rings. The highest BCUT2D eigenvalue weighted by Crippen LogP contribution is 2.34. The first kappa shape index (κ1) is 28.7. The fourth-order valence-corrected chi connectivity index (χ4v) is 4.27. The zero-order valence-electron chi connectivity index (χ0n) is 22.2. The predicted molar refractivity (Wildman–Crippen MR) is 145 cm³/mol. The third-order valence-electron chi connectivity index (χ3n) is 6.38. The van der Waals surface area contributed by atoms with Crippen LogP contribution >= 0.6 is 0 Å². The van der Waals surface area contributed by atoms with E-state index in [1.54, 1.807) is 54.7 Å². The summed E-state index contributed by atoms with van der Waals surface area (Å²) in [4.78, 5) is 23.5. The smallest absolute Gasteiger partial charge is 0.314 e. The molecule has 0 aliphatic carbocycles. The van der Waals surface area contributed by atoms with E-state index < -0.39 is 18.1 Å². The van der Waals surface area contributed by atoms with Crippen LogP contribution in [0.4, 0.5) is 24.5 Å². The Hall–Kier alpha value is -4.32. The monoisotopic (exact) mass is 553 g/mol. The quantitative estimate of drug-likeness (QED) is 0.283. The molecule has 1 aliphatic rings. The summed E-state index contributed by atoms with van der Waals surface area (Å²) in [6.45, 7) is 2.91. The van der Waals surface area contributed by atoms with Gasteiger partial charge in [0.15, 0.2) is 0 Å². The Kier molecular flexibility index (Phi) is 9.79. The lowest BCUT2D eigenvalue weighted by atomic mass is 10.0. The Balaban J connectivity index is 0.000000461. The molecule has 1 aliphatic heterocycles. The normalized spacial score (nSPS) is 13.4. The maximum absolute atomic E-state index is 14.9. The number of anilines is 2. The molecule has 1 amide bonds. The van der Waals surface area contributed by atoms with Crippen LogP contribution in [0.3, 0.4) is 0 Å².